The van der Waals surface area contributed by atoms with E-state index in [1.54, 1.807) is 0 Å². The van der Waals surface area contributed by atoms with Gasteiger partial charge >= 0.3 is 5.97 Å². The number of pyridine rings is 1. The minimum atomic E-state index is -2.70. The highest BCUT2D eigenvalue weighted by Gasteiger charge is 2.17. The van der Waals surface area contributed by atoms with E-state index in [4.69, 9.17) is 10.8 Å². The molecular formula is C8H8F2N2O2. The number of nitrogens with zero attached hydrogens (tertiary/aromatic N) is 1. The number of nitrogens with two attached hydrogens (primary N) is 1. The number of carboxylic acids is 1. The standard InChI is InChI=1S/C8H8F2N2O2/c1-3-4(7(9)10)2-5(11)6(12-3)8(13)14/h2,7H,11H2,1H3,(H,13,14). The number of carbonyl (C=O) groups is 1. The van der Waals surface area contributed by atoms with Crippen LogP contribution in [0.3, 0.4) is 0 Å². The van der Waals surface area contributed by atoms with Gasteiger partial charge in [-0.05, 0) is 13.0 Å². The summed E-state index contributed by atoms with van der Waals surface area (Å²) >= 11 is 0. The molecule has 1 aromatic rings. The second-order valence-electron chi connectivity index (χ2n) is 2.71. The SMILES string of the molecule is Cc1nc(C(=O)O)c(N)cc1C(F)F. The van der Waals surface area contributed by atoms with Crippen molar-refractivity contribution in [3.8, 4) is 0 Å². The van der Waals surface area contributed by atoms with Crippen molar-refractivity contribution in [1.29, 1.82) is 0 Å². The first kappa shape index (κ1) is 10.4. The third-order valence-electron chi connectivity index (χ3n) is 1.72. The Labute approximate surface area is 78.4 Å². The number of hydrogen-bond donors (Lipinski definition) is 2. The number of carboxylic acid groups (broad SMARTS) is 1. The fourth-order valence-electron chi connectivity index (χ4n) is 1.03. The van der Waals surface area contributed by atoms with Gasteiger partial charge in [0.25, 0.3) is 6.43 Å². The van der Waals surface area contributed by atoms with Crippen LogP contribution in [-0.4, -0.2) is 16.1 Å². The largest absolute Gasteiger partial charge is 0.476 e. The van der Waals surface area contributed by atoms with Crippen LogP contribution in [0.25, 0.3) is 0 Å². The van der Waals surface area contributed by atoms with E-state index in [1.165, 1.54) is 6.92 Å². The predicted molar refractivity (Wildman–Crippen MR) is 45.3 cm³/mol. The third kappa shape index (κ3) is 1.78. The van der Waals surface area contributed by atoms with Gasteiger partial charge in [0, 0.05) is 11.3 Å². The highest BCUT2D eigenvalue weighted by molar-refractivity contribution is 5.91. The van der Waals surface area contributed by atoms with Crippen LogP contribution in [0, 0.1) is 6.92 Å². The minimum absolute atomic E-state index is 0.0217. The van der Waals surface area contributed by atoms with Gasteiger partial charge < -0.3 is 10.8 Å². The van der Waals surface area contributed by atoms with E-state index in [0.717, 1.165) is 6.07 Å². The molecule has 0 aliphatic rings. The lowest BCUT2D eigenvalue weighted by atomic mass is 10.1. The van der Waals surface area contributed by atoms with Gasteiger partial charge in [0.1, 0.15) is 0 Å². The first-order chi connectivity index (χ1) is 6.43. The van der Waals surface area contributed by atoms with Crippen molar-refractivity contribution in [3.63, 3.8) is 0 Å². The fourth-order valence-corrected chi connectivity index (χ4v) is 1.03. The normalized spacial score (nSPS) is 10.6. The number of aryl methyl sites for hydroxylation is 1. The Kier molecular flexibility index (Phi) is 2.64. The number of hydrogen-bond acceptors (Lipinski definition) is 3. The van der Waals surface area contributed by atoms with E-state index in [1.807, 2.05) is 0 Å². The van der Waals surface area contributed by atoms with Crippen LogP contribution in [0.2, 0.25) is 0 Å². The summed E-state index contributed by atoms with van der Waals surface area (Å²) in [5.41, 5.74) is 4.24. The molecule has 0 aliphatic carbocycles. The summed E-state index contributed by atoms with van der Waals surface area (Å²) in [6, 6.07) is 0.941. The van der Waals surface area contributed by atoms with Crippen molar-refractivity contribution in [1.82, 2.24) is 4.98 Å². The summed E-state index contributed by atoms with van der Waals surface area (Å²) in [4.78, 5) is 14.0. The van der Waals surface area contributed by atoms with E-state index >= 15 is 0 Å². The lowest BCUT2D eigenvalue weighted by Crippen LogP contribution is -2.08. The molecule has 0 unspecified atom stereocenters. The highest BCUT2D eigenvalue weighted by Crippen LogP contribution is 2.24. The molecule has 0 saturated carbocycles. The number of halogens is 2. The van der Waals surface area contributed by atoms with Gasteiger partial charge in [-0.1, -0.05) is 0 Å². The molecule has 6 heteroatoms. The number of rotatable bonds is 2. The zero-order valence-corrected chi connectivity index (χ0v) is 7.29. The molecule has 0 atom stereocenters. The van der Waals surface area contributed by atoms with Crippen molar-refractivity contribution in [3.05, 3.63) is 23.0 Å². The summed E-state index contributed by atoms with van der Waals surface area (Å²) in [7, 11) is 0. The maximum absolute atomic E-state index is 12.3. The van der Waals surface area contributed by atoms with Crippen LogP contribution in [0.4, 0.5) is 14.5 Å². The molecule has 14 heavy (non-hydrogen) atoms. The summed E-state index contributed by atoms with van der Waals surface area (Å²) in [6.07, 6.45) is -2.70. The van der Waals surface area contributed by atoms with Gasteiger partial charge in [-0.2, -0.15) is 0 Å². The second kappa shape index (κ2) is 3.57. The lowest BCUT2D eigenvalue weighted by Gasteiger charge is -2.07. The summed E-state index contributed by atoms with van der Waals surface area (Å²) in [6.45, 7) is 1.31. The van der Waals surface area contributed by atoms with Crippen molar-refractivity contribution in [2.45, 2.75) is 13.3 Å². The molecule has 0 bridgehead atoms. The number of alkyl halides is 2. The van der Waals surface area contributed by atoms with Crippen molar-refractivity contribution >= 4 is 11.7 Å². The molecule has 1 heterocycles. The predicted octanol–water partition coefficient (Wildman–Crippen LogP) is 1.61. The topological polar surface area (TPSA) is 76.2 Å². The van der Waals surface area contributed by atoms with Gasteiger partial charge in [-0.3, -0.25) is 0 Å². The zero-order valence-electron chi connectivity index (χ0n) is 7.29. The number of nitrogen functional groups attached to an aromatic ring is 1. The monoisotopic (exact) mass is 202 g/mol. The number of anilines is 1. The van der Waals surface area contributed by atoms with Crippen LogP contribution in [0.1, 0.15) is 28.2 Å². The van der Waals surface area contributed by atoms with Crippen LogP contribution in [0.15, 0.2) is 6.07 Å². The fraction of sp³-hybridized carbons (Fsp3) is 0.250. The molecule has 3 N–H and O–H groups in total. The molecule has 0 amide bonds. The molecule has 0 aliphatic heterocycles. The van der Waals surface area contributed by atoms with Gasteiger partial charge in [-0.25, -0.2) is 18.6 Å². The Morgan fingerprint density at radius 1 is 1.64 bits per heavy atom. The van der Waals surface area contributed by atoms with Gasteiger partial charge in [0.05, 0.1) is 5.69 Å². The average Bonchev–Trinajstić information content (AvgIpc) is 2.07. The molecule has 76 valence electrons. The second-order valence-corrected chi connectivity index (χ2v) is 2.71. The van der Waals surface area contributed by atoms with E-state index < -0.39 is 18.1 Å². The Balaban J connectivity index is 3.31. The van der Waals surface area contributed by atoms with Crippen LogP contribution >= 0.6 is 0 Å². The molecule has 1 rings (SSSR count). The third-order valence-corrected chi connectivity index (χ3v) is 1.72. The minimum Gasteiger partial charge on any atom is -0.476 e. The molecule has 1 aromatic heterocycles. The summed E-state index contributed by atoms with van der Waals surface area (Å²) in [5, 5.41) is 8.59. The molecule has 4 nitrogen and oxygen atoms in total. The van der Waals surface area contributed by atoms with Gasteiger partial charge in [0.15, 0.2) is 5.69 Å². The van der Waals surface area contributed by atoms with E-state index in [2.05, 4.69) is 4.98 Å². The lowest BCUT2D eigenvalue weighted by molar-refractivity contribution is 0.0690. The smallest absolute Gasteiger partial charge is 0.356 e. The van der Waals surface area contributed by atoms with E-state index in [-0.39, 0.29) is 16.9 Å². The molecule has 0 radical (unpaired) electrons. The maximum atomic E-state index is 12.3. The van der Waals surface area contributed by atoms with Crippen molar-refractivity contribution in [2.75, 3.05) is 5.73 Å². The van der Waals surface area contributed by atoms with Crippen molar-refractivity contribution in [2.24, 2.45) is 0 Å². The Morgan fingerprint density at radius 2 is 2.21 bits per heavy atom. The first-order valence-electron chi connectivity index (χ1n) is 3.72. The van der Waals surface area contributed by atoms with Crippen LogP contribution in [-0.2, 0) is 0 Å². The Bertz CT molecular complexity index is 380. The number of aromatic carboxylic acids is 1. The van der Waals surface area contributed by atoms with Crippen LogP contribution in [0.5, 0.6) is 0 Å². The Hall–Kier alpha value is -1.72. The quantitative estimate of drug-likeness (QED) is 0.763. The van der Waals surface area contributed by atoms with Gasteiger partial charge in [-0.15, -0.1) is 0 Å². The molecule has 0 fully saturated rings. The summed E-state index contributed by atoms with van der Waals surface area (Å²) in [5.74, 6) is -1.33. The van der Waals surface area contributed by atoms with Crippen molar-refractivity contribution < 1.29 is 18.7 Å². The molecule has 0 saturated heterocycles. The molecular weight excluding hydrogens is 194 g/mol. The average molecular weight is 202 g/mol. The number of aromatic nitrogens is 1. The maximum Gasteiger partial charge on any atom is 0.356 e. The highest BCUT2D eigenvalue weighted by atomic mass is 19.3. The van der Waals surface area contributed by atoms with E-state index in [9.17, 15) is 13.6 Å². The molecule has 0 spiro atoms. The van der Waals surface area contributed by atoms with Gasteiger partial charge in [0.2, 0.25) is 0 Å². The summed E-state index contributed by atoms with van der Waals surface area (Å²) < 4.78 is 24.6. The first-order valence-corrected chi connectivity index (χ1v) is 3.72. The zero-order chi connectivity index (χ0) is 10.9. The van der Waals surface area contributed by atoms with E-state index in [0.29, 0.717) is 0 Å². The Morgan fingerprint density at radius 3 is 2.64 bits per heavy atom. The van der Waals surface area contributed by atoms with Crippen LogP contribution < -0.4 is 5.73 Å². The molecule has 0 aromatic carbocycles.